The normalized spacial score (nSPS) is 10.3. The van der Waals surface area contributed by atoms with E-state index in [1.54, 1.807) is 6.20 Å². The van der Waals surface area contributed by atoms with Gasteiger partial charge in [0.1, 0.15) is 11.2 Å². The first kappa shape index (κ1) is 21.4. The Kier molecular flexibility index (Phi) is 7.26. The Balaban J connectivity index is 0.000000438. The van der Waals surface area contributed by atoms with Crippen molar-refractivity contribution in [2.45, 2.75) is 25.3 Å². The van der Waals surface area contributed by atoms with Crippen LogP contribution in [0.25, 0.3) is 0 Å². The second kappa shape index (κ2) is 9.85. The average molecular weight is 391 g/mol. The number of nitrogens with zero attached hydrogens (tertiary/aromatic N) is 3. The van der Waals surface area contributed by atoms with E-state index in [9.17, 15) is 5.26 Å². The lowest BCUT2D eigenvalue weighted by Crippen LogP contribution is -2.27. The number of nitriles is 1. The van der Waals surface area contributed by atoms with E-state index in [-0.39, 0.29) is 0 Å². The Morgan fingerprint density at radius 2 is 1.48 bits per heavy atom. The lowest BCUT2D eigenvalue weighted by Gasteiger charge is -2.28. The first-order chi connectivity index (χ1) is 13.9. The Morgan fingerprint density at radius 3 is 1.83 bits per heavy atom. The Morgan fingerprint density at radius 1 is 1.00 bits per heavy atom. The largest absolute Gasteiger partial charge is 0.473 e. The molecule has 7 nitrogen and oxygen atoms in total. The smallest absolute Gasteiger partial charge is 0.414 e. The van der Waals surface area contributed by atoms with Gasteiger partial charge in [-0.15, -0.1) is 0 Å². The van der Waals surface area contributed by atoms with Gasteiger partial charge in [-0.25, -0.2) is 14.6 Å². The fourth-order valence-corrected chi connectivity index (χ4v) is 3.01. The van der Waals surface area contributed by atoms with Crippen LogP contribution in [0.5, 0.6) is 0 Å². The molecule has 7 heteroatoms. The van der Waals surface area contributed by atoms with Crippen LogP contribution < -0.4 is 0 Å². The molecule has 0 spiro atoms. The van der Waals surface area contributed by atoms with Crippen LogP contribution in [-0.2, 0) is 21.5 Å². The van der Waals surface area contributed by atoms with Crippen molar-refractivity contribution < 1.29 is 19.8 Å². The third-order valence-electron chi connectivity index (χ3n) is 4.56. The van der Waals surface area contributed by atoms with Gasteiger partial charge < -0.3 is 14.8 Å². The van der Waals surface area contributed by atoms with E-state index in [1.165, 1.54) is 0 Å². The molecule has 0 aliphatic heterocycles. The van der Waals surface area contributed by atoms with Crippen molar-refractivity contribution in [1.29, 1.82) is 5.26 Å². The minimum atomic E-state index is -1.82. The number of imidazole rings is 1. The summed E-state index contributed by atoms with van der Waals surface area (Å²) in [6.45, 7) is 2.74. The second-order valence-corrected chi connectivity index (χ2v) is 6.28. The third-order valence-corrected chi connectivity index (χ3v) is 4.56. The standard InChI is InChI=1S/C20H19N3.C2H2O4/c1-17-22-13-15-23(17)14-12-20(16-21,18-8-4-2-5-9-18)19-10-6-3-7-11-19;3-1(4)2(5)6/h2-11,13,15H,12,14H2,1H3;(H,3,4)(H,5,6). The van der Waals surface area contributed by atoms with Crippen LogP contribution in [0.2, 0.25) is 0 Å². The highest BCUT2D eigenvalue weighted by atomic mass is 16.4. The molecule has 0 amide bonds. The number of hydrogen-bond acceptors (Lipinski definition) is 4. The molecule has 0 unspecified atom stereocenters. The predicted octanol–water partition coefficient (Wildman–Crippen LogP) is 3.25. The van der Waals surface area contributed by atoms with Crippen LogP contribution >= 0.6 is 0 Å². The molecule has 1 aromatic heterocycles. The minimum Gasteiger partial charge on any atom is -0.473 e. The molecule has 3 aromatic rings. The molecular weight excluding hydrogens is 370 g/mol. The van der Waals surface area contributed by atoms with Gasteiger partial charge in [0, 0.05) is 18.9 Å². The van der Waals surface area contributed by atoms with Gasteiger partial charge in [0.2, 0.25) is 0 Å². The summed E-state index contributed by atoms with van der Waals surface area (Å²) in [5.74, 6) is -2.68. The van der Waals surface area contributed by atoms with Gasteiger partial charge in [-0.05, 0) is 24.5 Å². The van der Waals surface area contributed by atoms with Gasteiger partial charge in [-0.1, -0.05) is 60.7 Å². The number of hydrogen-bond donors (Lipinski definition) is 2. The molecule has 148 valence electrons. The lowest BCUT2D eigenvalue weighted by atomic mass is 9.73. The van der Waals surface area contributed by atoms with Crippen molar-refractivity contribution in [3.63, 3.8) is 0 Å². The molecule has 2 aromatic carbocycles. The fraction of sp³-hybridized carbons (Fsp3) is 0.182. The molecule has 2 N–H and O–H groups in total. The summed E-state index contributed by atoms with van der Waals surface area (Å²) in [5, 5.41) is 24.9. The highest BCUT2D eigenvalue weighted by molar-refractivity contribution is 6.27. The summed E-state index contributed by atoms with van der Waals surface area (Å²) >= 11 is 0. The van der Waals surface area contributed by atoms with Crippen LogP contribution in [0.3, 0.4) is 0 Å². The van der Waals surface area contributed by atoms with Crippen LogP contribution in [-0.4, -0.2) is 31.7 Å². The molecule has 3 rings (SSSR count). The number of carbonyl (C=O) groups is 2. The van der Waals surface area contributed by atoms with Crippen LogP contribution in [0.4, 0.5) is 0 Å². The number of aryl methyl sites for hydroxylation is 2. The predicted molar refractivity (Wildman–Crippen MR) is 106 cm³/mol. The van der Waals surface area contributed by atoms with E-state index in [0.29, 0.717) is 6.42 Å². The highest BCUT2D eigenvalue weighted by Gasteiger charge is 2.34. The summed E-state index contributed by atoms with van der Waals surface area (Å²) in [6, 6.07) is 22.7. The molecule has 0 bridgehead atoms. The zero-order valence-corrected chi connectivity index (χ0v) is 15.9. The Labute approximate surface area is 168 Å². The minimum absolute atomic E-state index is 0.654. The van der Waals surface area contributed by atoms with Crippen LogP contribution in [0, 0.1) is 18.3 Å². The Bertz CT molecular complexity index is 940. The summed E-state index contributed by atoms with van der Waals surface area (Å²) in [6.07, 6.45) is 4.47. The van der Waals surface area contributed by atoms with E-state index in [1.807, 2.05) is 73.8 Å². The molecule has 0 aliphatic carbocycles. The summed E-state index contributed by atoms with van der Waals surface area (Å²) in [7, 11) is 0. The Hall–Kier alpha value is -3.92. The number of rotatable bonds is 5. The number of carboxylic acid groups (broad SMARTS) is 2. The van der Waals surface area contributed by atoms with Gasteiger partial charge in [0.25, 0.3) is 0 Å². The second-order valence-electron chi connectivity index (χ2n) is 6.28. The first-order valence-electron chi connectivity index (χ1n) is 8.87. The first-order valence-corrected chi connectivity index (χ1v) is 8.87. The summed E-state index contributed by atoms with van der Waals surface area (Å²) in [5.41, 5.74) is 1.41. The van der Waals surface area contributed by atoms with Crippen molar-refractivity contribution in [3.05, 3.63) is 90.0 Å². The van der Waals surface area contributed by atoms with E-state index in [4.69, 9.17) is 19.8 Å². The zero-order valence-electron chi connectivity index (χ0n) is 15.9. The van der Waals surface area contributed by atoms with Crippen molar-refractivity contribution in [1.82, 2.24) is 9.55 Å². The molecule has 1 heterocycles. The van der Waals surface area contributed by atoms with E-state index < -0.39 is 17.4 Å². The van der Waals surface area contributed by atoms with Crippen LogP contribution in [0.1, 0.15) is 23.4 Å². The molecule has 0 aliphatic rings. The summed E-state index contributed by atoms with van der Waals surface area (Å²) < 4.78 is 2.10. The van der Waals surface area contributed by atoms with E-state index in [0.717, 1.165) is 23.5 Å². The number of carboxylic acids is 2. The maximum absolute atomic E-state index is 10.1. The van der Waals surface area contributed by atoms with Crippen molar-refractivity contribution in [3.8, 4) is 6.07 Å². The van der Waals surface area contributed by atoms with Gasteiger partial charge in [0.15, 0.2) is 0 Å². The lowest BCUT2D eigenvalue weighted by molar-refractivity contribution is -0.159. The maximum atomic E-state index is 10.1. The van der Waals surface area contributed by atoms with Gasteiger partial charge in [0.05, 0.1) is 6.07 Å². The molecule has 29 heavy (non-hydrogen) atoms. The topological polar surface area (TPSA) is 116 Å². The number of benzene rings is 2. The van der Waals surface area contributed by atoms with Crippen LogP contribution in [0.15, 0.2) is 73.1 Å². The monoisotopic (exact) mass is 391 g/mol. The average Bonchev–Trinajstić information content (AvgIpc) is 3.16. The SMILES string of the molecule is Cc1nccn1CCC(C#N)(c1ccccc1)c1ccccc1.O=C(O)C(=O)O. The van der Waals surface area contributed by atoms with Crippen molar-refractivity contribution in [2.75, 3.05) is 0 Å². The molecule has 0 saturated heterocycles. The molecule has 0 radical (unpaired) electrons. The van der Waals surface area contributed by atoms with Crippen molar-refractivity contribution >= 4 is 11.9 Å². The molecule has 0 saturated carbocycles. The number of aromatic nitrogens is 2. The van der Waals surface area contributed by atoms with Gasteiger partial charge in [-0.3, -0.25) is 0 Å². The van der Waals surface area contributed by atoms with E-state index in [2.05, 4.69) is 15.6 Å². The quantitative estimate of drug-likeness (QED) is 0.645. The van der Waals surface area contributed by atoms with Crippen molar-refractivity contribution in [2.24, 2.45) is 0 Å². The van der Waals surface area contributed by atoms with Gasteiger partial charge in [-0.2, -0.15) is 5.26 Å². The third kappa shape index (κ3) is 5.30. The fourth-order valence-electron chi connectivity index (χ4n) is 3.01. The highest BCUT2D eigenvalue weighted by Crippen LogP contribution is 2.35. The zero-order chi connectivity index (χ0) is 21.3. The summed E-state index contributed by atoms with van der Waals surface area (Å²) in [4.78, 5) is 22.5. The maximum Gasteiger partial charge on any atom is 0.414 e. The van der Waals surface area contributed by atoms with Gasteiger partial charge >= 0.3 is 11.9 Å². The molecular formula is C22H21N3O4. The number of aliphatic carboxylic acids is 2. The molecule has 0 atom stereocenters. The molecule has 0 fully saturated rings. The van der Waals surface area contributed by atoms with E-state index >= 15 is 0 Å².